The van der Waals surface area contributed by atoms with Gasteiger partial charge in [0.1, 0.15) is 0 Å². The van der Waals surface area contributed by atoms with Crippen LogP contribution in [0.5, 0.6) is 0 Å². The lowest BCUT2D eigenvalue weighted by molar-refractivity contribution is -0.146. The second-order valence-corrected chi connectivity index (χ2v) is 2.65. The summed E-state index contributed by atoms with van der Waals surface area (Å²) in [5.74, 6) is -1.22. The van der Waals surface area contributed by atoms with Crippen LogP contribution in [0, 0.1) is 6.92 Å². The first-order valence-electron chi connectivity index (χ1n) is 4.58. The van der Waals surface area contributed by atoms with Gasteiger partial charge in [-0.05, 0) is 12.5 Å². The number of hydrogen-bond acceptors (Lipinski definition) is 2. The molecule has 3 heteroatoms. The normalized spacial score (nSPS) is 11.1. The zero-order chi connectivity index (χ0) is 11.1. The summed E-state index contributed by atoms with van der Waals surface area (Å²) in [6, 6.07) is 6.74. The molecule has 0 radical (unpaired) electrons. The van der Waals surface area contributed by atoms with E-state index in [2.05, 4.69) is 0 Å². The van der Waals surface area contributed by atoms with Crippen molar-refractivity contribution in [2.75, 3.05) is 0 Å². The lowest BCUT2D eigenvalue weighted by Gasteiger charge is -2.04. The number of carbonyl (C=O) groups is 1. The molecular formula is C11H16O3. The van der Waals surface area contributed by atoms with E-state index in [1.807, 2.05) is 20.8 Å². The highest BCUT2D eigenvalue weighted by Crippen LogP contribution is 2.13. The minimum atomic E-state index is -1.41. The van der Waals surface area contributed by atoms with E-state index in [1.54, 1.807) is 24.3 Å². The first-order valence-corrected chi connectivity index (χ1v) is 4.58. The van der Waals surface area contributed by atoms with Crippen LogP contribution in [-0.4, -0.2) is 16.2 Å². The Kier molecular flexibility index (Phi) is 5.56. The Bertz CT molecular complexity index is 277. The number of carboxylic acid groups (broad SMARTS) is 1. The quantitative estimate of drug-likeness (QED) is 0.761. The van der Waals surface area contributed by atoms with Crippen LogP contribution in [0.25, 0.3) is 0 Å². The van der Waals surface area contributed by atoms with Crippen molar-refractivity contribution >= 4 is 5.97 Å². The maximum atomic E-state index is 10.3. The van der Waals surface area contributed by atoms with E-state index in [0.717, 1.165) is 5.56 Å². The van der Waals surface area contributed by atoms with Crippen molar-refractivity contribution in [3.8, 4) is 0 Å². The van der Waals surface area contributed by atoms with Gasteiger partial charge in [-0.2, -0.15) is 0 Å². The first-order chi connectivity index (χ1) is 6.61. The summed E-state index contributed by atoms with van der Waals surface area (Å²) in [7, 11) is 0. The SMILES string of the molecule is CC.Cc1ccc(C(O)C(=O)O)cc1. The third-order valence-electron chi connectivity index (χ3n) is 1.63. The fourth-order valence-electron chi connectivity index (χ4n) is 0.891. The minimum absolute atomic E-state index is 0.410. The first kappa shape index (κ1) is 12.7. The van der Waals surface area contributed by atoms with Crippen LogP contribution in [0.15, 0.2) is 24.3 Å². The number of aliphatic hydroxyl groups excluding tert-OH is 1. The van der Waals surface area contributed by atoms with Gasteiger partial charge in [-0.3, -0.25) is 0 Å². The highest BCUT2D eigenvalue weighted by molar-refractivity contribution is 5.73. The van der Waals surface area contributed by atoms with Gasteiger partial charge in [0.05, 0.1) is 0 Å². The molecule has 0 saturated carbocycles. The molecule has 0 heterocycles. The summed E-state index contributed by atoms with van der Waals surface area (Å²) >= 11 is 0. The van der Waals surface area contributed by atoms with E-state index in [-0.39, 0.29) is 0 Å². The summed E-state index contributed by atoms with van der Waals surface area (Å²) in [6.07, 6.45) is -1.41. The maximum Gasteiger partial charge on any atom is 0.337 e. The number of aliphatic carboxylic acids is 1. The van der Waals surface area contributed by atoms with Gasteiger partial charge in [-0.15, -0.1) is 0 Å². The van der Waals surface area contributed by atoms with Gasteiger partial charge in [-0.1, -0.05) is 43.7 Å². The van der Waals surface area contributed by atoms with Gasteiger partial charge in [0.25, 0.3) is 0 Å². The van der Waals surface area contributed by atoms with E-state index in [9.17, 15) is 4.79 Å². The number of rotatable bonds is 2. The molecule has 1 rings (SSSR count). The second kappa shape index (κ2) is 6.16. The van der Waals surface area contributed by atoms with Crippen molar-refractivity contribution in [3.05, 3.63) is 35.4 Å². The Labute approximate surface area is 84.0 Å². The van der Waals surface area contributed by atoms with E-state index in [0.29, 0.717) is 5.56 Å². The van der Waals surface area contributed by atoms with Crippen LogP contribution in [0.4, 0.5) is 0 Å². The largest absolute Gasteiger partial charge is 0.479 e. The van der Waals surface area contributed by atoms with Crippen molar-refractivity contribution in [1.29, 1.82) is 0 Å². The molecule has 0 fully saturated rings. The molecule has 0 bridgehead atoms. The van der Waals surface area contributed by atoms with Gasteiger partial charge in [0.15, 0.2) is 6.10 Å². The molecule has 0 aliphatic rings. The predicted octanol–water partition coefficient (Wildman–Crippen LogP) is 2.14. The Morgan fingerprint density at radius 2 is 1.64 bits per heavy atom. The fraction of sp³-hybridized carbons (Fsp3) is 0.364. The summed E-state index contributed by atoms with van der Waals surface area (Å²) in [5.41, 5.74) is 1.45. The highest BCUT2D eigenvalue weighted by Gasteiger charge is 2.14. The summed E-state index contributed by atoms with van der Waals surface area (Å²) in [4.78, 5) is 10.3. The molecule has 1 aromatic rings. The summed E-state index contributed by atoms with van der Waals surface area (Å²) in [6.45, 7) is 5.90. The molecule has 1 unspecified atom stereocenters. The molecule has 78 valence electrons. The van der Waals surface area contributed by atoms with E-state index < -0.39 is 12.1 Å². The van der Waals surface area contributed by atoms with Crippen molar-refractivity contribution < 1.29 is 15.0 Å². The van der Waals surface area contributed by atoms with Gasteiger partial charge in [0, 0.05) is 0 Å². The number of hydrogen-bond donors (Lipinski definition) is 2. The Hall–Kier alpha value is -1.35. The zero-order valence-corrected chi connectivity index (χ0v) is 8.69. The molecule has 0 spiro atoms. The number of carboxylic acids is 1. The predicted molar refractivity (Wildman–Crippen MR) is 55.1 cm³/mol. The van der Waals surface area contributed by atoms with Gasteiger partial charge < -0.3 is 10.2 Å². The standard InChI is InChI=1S/C9H10O3.C2H6/c1-6-2-4-7(5-3-6)8(10)9(11)12;1-2/h2-5,8,10H,1H3,(H,11,12);1-2H3. The molecule has 3 nitrogen and oxygen atoms in total. The average Bonchev–Trinajstić information content (AvgIpc) is 2.21. The van der Waals surface area contributed by atoms with Crippen molar-refractivity contribution in [2.45, 2.75) is 26.9 Å². The molecule has 0 aliphatic heterocycles. The lowest BCUT2D eigenvalue weighted by atomic mass is 10.1. The van der Waals surface area contributed by atoms with Gasteiger partial charge in [0.2, 0.25) is 0 Å². The average molecular weight is 196 g/mol. The van der Waals surface area contributed by atoms with E-state index in [1.165, 1.54) is 0 Å². The van der Waals surface area contributed by atoms with Crippen LogP contribution in [0.1, 0.15) is 31.1 Å². The zero-order valence-electron chi connectivity index (χ0n) is 8.69. The van der Waals surface area contributed by atoms with Crippen LogP contribution in [-0.2, 0) is 4.79 Å². The molecule has 0 aromatic heterocycles. The second-order valence-electron chi connectivity index (χ2n) is 2.65. The summed E-state index contributed by atoms with van der Waals surface area (Å²) < 4.78 is 0. The highest BCUT2D eigenvalue weighted by atomic mass is 16.4. The Balaban J connectivity index is 0.000000791. The van der Waals surface area contributed by atoms with Crippen LogP contribution in [0.3, 0.4) is 0 Å². The molecule has 0 amide bonds. The number of benzene rings is 1. The van der Waals surface area contributed by atoms with E-state index >= 15 is 0 Å². The molecule has 0 aliphatic carbocycles. The Morgan fingerprint density at radius 3 is 2.00 bits per heavy atom. The van der Waals surface area contributed by atoms with Crippen LogP contribution < -0.4 is 0 Å². The third-order valence-corrected chi connectivity index (χ3v) is 1.63. The van der Waals surface area contributed by atoms with Gasteiger partial charge >= 0.3 is 5.97 Å². The van der Waals surface area contributed by atoms with Crippen LogP contribution >= 0.6 is 0 Å². The fourth-order valence-corrected chi connectivity index (χ4v) is 0.891. The molecule has 1 atom stereocenters. The Morgan fingerprint density at radius 1 is 1.21 bits per heavy atom. The lowest BCUT2D eigenvalue weighted by Crippen LogP contribution is -2.09. The van der Waals surface area contributed by atoms with Gasteiger partial charge in [-0.25, -0.2) is 4.79 Å². The van der Waals surface area contributed by atoms with Crippen molar-refractivity contribution in [1.82, 2.24) is 0 Å². The minimum Gasteiger partial charge on any atom is -0.479 e. The molecule has 2 N–H and O–H groups in total. The molecular weight excluding hydrogens is 180 g/mol. The van der Waals surface area contributed by atoms with Crippen molar-refractivity contribution in [3.63, 3.8) is 0 Å². The third kappa shape index (κ3) is 3.58. The smallest absolute Gasteiger partial charge is 0.337 e. The molecule has 14 heavy (non-hydrogen) atoms. The monoisotopic (exact) mass is 196 g/mol. The number of aryl methyl sites for hydroxylation is 1. The van der Waals surface area contributed by atoms with Crippen LogP contribution in [0.2, 0.25) is 0 Å². The topological polar surface area (TPSA) is 57.5 Å². The van der Waals surface area contributed by atoms with E-state index in [4.69, 9.17) is 10.2 Å². The summed E-state index contributed by atoms with van der Waals surface area (Å²) in [5, 5.41) is 17.5. The molecule has 0 saturated heterocycles. The van der Waals surface area contributed by atoms with Crippen molar-refractivity contribution in [2.24, 2.45) is 0 Å². The molecule has 1 aromatic carbocycles. The maximum absolute atomic E-state index is 10.3. The number of aliphatic hydroxyl groups is 1.